The Morgan fingerprint density at radius 1 is 1.29 bits per heavy atom. The number of aromatic nitrogens is 1. The van der Waals surface area contributed by atoms with Gasteiger partial charge in [0.25, 0.3) is 0 Å². The quantitative estimate of drug-likeness (QED) is 0.748. The van der Waals surface area contributed by atoms with Crippen LogP contribution in [0.5, 0.6) is 0 Å². The number of esters is 2. The van der Waals surface area contributed by atoms with Gasteiger partial charge in [-0.1, -0.05) is 0 Å². The van der Waals surface area contributed by atoms with Crippen molar-refractivity contribution in [1.29, 1.82) is 0 Å². The zero-order valence-electron chi connectivity index (χ0n) is 10.7. The Bertz CT molecular complexity index is 448. The molecule has 0 aliphatic heterocycles. The summed E-state index contributed by atoms with van der Waals surface area (Å²) in [6.45, 7) is 3.51. The van der Waals surface area contributed by atoms with Gasteiger partial charge in [-0.25, -0.2) is 4.79 Å². The van der Waals surface area contributed by atoms with Gasteiger partial charge in [0.15, 0.2) is 0 Å². The summed E-state index contributed by atoms with van der Waals surface area (Å²) < 4.78 is 11.2. The Hall–Kier alpha value is -1.78. The second-order valence-electron chi connectivity index (χ2n) is 3.92. The lowest BCUT2D eigenvalue weighted by Gasteiger charge is -2.13. The topological polar surface area (TPSA) is 57.5 Å². The Labute approximate surface area is 100 Å². The molecule has 5 heteroatoms. The van der Waals surface area contributed by atoms with E-state index >= 15 is 0 Å². The first kappa shape index (κ1) is 13.3. The van der Waals surface area contributed by atoms with Crippen LogP contribution in [0.2, 0.25) is 0 Å². The van der Waals surface area contributed by atoms with E-state index in [-0.39, 0.29) is 5.97 Å². The molecule has 0 aliphatic carbocycles. The van der Waals surface area contributed by atoms with Crippen molar-refractivity contribution in [3.63, 3.8) is 0 Å². The van der Waals surface area contributed by atoms with E-state index in [1.54, 1.807) is 31.7 Å². The fraction of sp³-hybridized carbons (Fsp3) is 0.500. The average Bonchev–Trinajstić information content (AvgIpc) is 2.61. The standard InChI is InChI=1S/C12H17NO4/c1-7-6-13(3)10(8(2)11(14)16-4)9(7)12(15)17-5/h6,8H,1-5H3. The second kappa shape index (κ2) is 5.03. The molecule has 0 bridgehead atoms. The van der Waals surface area contributed by atoms with Gasteiger partial charge in [-0.05, 0) is 19.4 Å². The number of rotatable bonds is 3. The molecule has 0 aliphatic rings. The summed E-state index contributed by atoms with van der Waals surface area (Å²) in [6.07, 6.45) is 1.79. The number of aryl methyl sites for hydroxylation is 2. The number of hydrogen-bond donors (Lipinski definition) is 0. The van der Waals surface area contributed by atoms with Gasteiger partial charge in [-0.15, -0.1) is 0 Å². The van der Waals surface area contributed by atoms with Crippen molar-refractivity contribution in [2.45, 2.75) is 19.8 Å². The van der Waals surface area contributed by atoms with E-state index in [0.717, 1.165) is 5.56 Å². The number of nitrogens with zero attached hydrogens (tertiary/aromatic N) is 1. The van der Waals surface area contributed by atoms with Gasteiger partial charge < -0.3 is 14.0 Å². The number of carbonyl (C=O) groups is 2. The summed E-state index contributed by atoms with van der Waals surface area (Å²) >= 11 is 0. The van der Waals surface area contributed by atoms with Gasteiger partial charge in [0, 0.05) is 18.9 Å². The van der Waals surface area contributed by atoms with Gasteiger partial charge in [0.1, 0.15) is 0 Å². The maximum absolute atomic E-state index is 11.7. The zero-order valence-corrected chi connectivity index (χ0v) is 10.7. The molecular formula is C12H17NO4. The van der Waals surface area contributed by atoms with Crippen LogP contribution in [0.1, 0.15) is 34.5 Å². The van der Waals surface area contributed by atoms with Crippen molar-refractivity contribution in [2.24, 2.45) is 7.05 Å². The molecule has 0 saturated carbocycles. The Morgan fingerprint density at radius 2 is 1.88 bits per heavy atom. The molecule has 1 heterocycles. The van der Waals surface area contributed by atoms with Crippen molar-refractivity contribution >= 4 is 11.9 Å². The van der Waals surface area contributed by atoms with E-state index in [9.17, 15) is 9.59 Å². The van der Waals surface area contributed by atoms with E-state index < -0.39 is 11.9 Å². The lowest BCUT2D eigenvalue weighted by Crippen LogP contribution is -2.17. The third-order valence-electron chi connectivity index (χ3n) is 2.77. The molecule has 0 fully saturated rings. The monoisotopic (exact) mass is 239 g/mol. The molecule has 1 unspecified atom stereocenters. The van der Waals surface area contributed by atoms with Crippen LogP contribution in [0.3, 0.4) is 0 Å². The number of methoxy groups -OCH3 is 2. The van der Waals surface area contributed by atoms with Crippen molar-refractivity contribution < 1.29 is 19.1 Å². The molecule has 17 heavy (non-hydrogen) atoms. The first-order chi connectivity index (χ1) is 7.93. The Morgan fingerprint density at radius 3 is 2.35 bits per heavy atom. The molecule has 1 aromatic heterocycles. The van der Waals surface area contributed by atoms with E-state index in [1.807, 2.05) is 0 Å². The van der Waals surface area contributed by atoms with E-state index in [2.05, 4.69) is 0 Å². The van der Waals surface area contributed by atoms with Crippen molar-refractivity contribution in [3.05, 3.63) is 23.0 Å². The minimum absolute atomic E-state index is 0.378. The van der Waals surface area contributed by atoms with Crippen LogP contribution in [0.15, 0.2) is 6.20 Å². The van der Waals surface area contributed by atoms with Crippen molar-refractivity contribution in [1.82, 2.24) is 4.57 Å². The zero-order chi connectivity index (χ0) is 13.2. The van der Waals surface area contributed by atoms with Gasteiger partial charge in [-0.2, -0.15) is 0 Å². The SMILES string of the molecule is COC(=O)c1c(C)cn(C)c1C(C)C(=O)OC. The Kier molecular flexibility index (Phi) is 3.93. The number of ether oxygens (including phenoxy) is 2. The van der Waals surface area contributed by atoms with Crippen LogP contribution in [-0.2, 0) is 21.3 Å². The molecule has 0 N–H and O–H groups in total. The number of hydrogen-bond acceptors (Lipinski definition) is 4. The maximum atomic E-state index is 11.7. The van der Waals surface area contributed by atoms with Crippen LogP contribution in [-0.4, -0.2) is 30.7 Å². The predicted octanol–water partition coefficient (Wildman–Crippen LogP) is 1.40. The van der Waals surface area contributed by atoms with Gasteiger partial charge in [0.05, 0.1) is 25.7 Å². The fourth-order valence-corrected chi connectivity index (χ4v) is 1.98. The van der Waals surface area contributed by atoms with Crippen LogP contribution < -0.4 is 0 Å². The average molecular weight is 239 g/mol. The van der Waals surface area contributed by atoms with Crippen LogP contribution in [0.4, 0.5) is 0 Å². The molecule has 0 spiro atoms. The van der Waals surface area contributed by atoms with E-state index in [1.165, 1.54) is 14.2 Å². The summed E-state index contributed by atoms with van der Waals surface area (Å²) in [5, 5.41) is 0. The normalized spacial score (nSPS) is 12.1. The summed E-state index contributed by atoms with van der Waals surface area (Å²) in [6, 6.07) is 0. The van der Waals surface area contributed by atoms with Crippen molar-refractivity contribution in [3.8, 4) is 0 Å². The highest BCUT2D eigenvalue weighted by molar-refractivity contribution is 5.94. The van der Waals surface area contributed by atoms with Gasteiger partial charge in [0.2, 0.25) is 0 Å². The molecule has 94 valence electrons. The second-order valence-corrected chi connectivity index (χ2v) is 3.92. The molecule has 1 atom stereocenters. The summed E-state index contributed by atoms with van der Waals surface area (Å²) in [5.74, 6) is -1.32. The molecule has 0 amide bonds. The minimum atomic E-state index is -0.507. The maximum Gasteiger partial charge on any atom is 0.339 e. The third-order valence-corrected chi connectivity index (χ3v) is 2.77. The summed E-state index contributed by atoms with van der Waals surface area (Å²) in [7, 11) is 4.43. The molecule has 0 radical (unpaired) electrons. The molecule has 1 rings (SSSR count). The highest BCUT2D eigenvalue weighted by atomic mass is 16.5. The molecule has 0 aromatic carbocycles. The highest BCUT2D eigenvalue weighted by Gasteiger charge is 2.27. The van der Waals surface area contributed by atoms with Gasteiger partial charge in [-0.3, -0.25) is 4.79 Å². The first-order valence-electron chi connectivity index (χ1n) is 5.26. The van der Waals surface area contributed by atoms with Crippen LogP contribution in [0, 0.1) is 6.92 Å². The summed E-state index contributed by atoms with van der Waals surface area (Å²) in [4.78, 5) is 23.2. The van der Waals surface area contributed by atoms with Crippen molar-refractivity contribution in [2.75, 3.05) is 14.2 Å². The first-order valence-corrected chi connectivity index (χ1v) is 5.26. The van der Waals surface area contributed by atoms with Crippen LogP contribution in [0.25, 0.3) is 0 Å². The summed E-state index contributed by atoms with van der Waals surface area (Å²) in [5.41, 5.74) is 1.83. The number of carbonyl (C=O) groups excluding carboxylic acids is 2. The lowest BCUT2D eigenvalue weighted by molar-refractivity contribution is -0.142. The largest absolute Gasteiger partial charge is 0.469 e. The highest BCUT2D eigenvalue weighted by Crippen LogP contribution is 2.25. The predicted molar refractivity (Wildman–Crippen MR) is 61.9 cm³/mol. The smallest absolute Gasteiger partial charge is 0.339 e. The van der Waals surface area contributed by atoms with Crippen LogP contribution >= 0.6 is 0 Å². The lowest BCUT2D eigenvalue weighted by atomic mass is 10.0. The fourth-order valence-electron chi connectivity index (χ4n) is 1.98. The minimum Gasteiger partial charge on any atom is -0.469 e. The Balaban J connectivity index is 3.31. The molecule has 1 aromatic rings. The molecule has 5 nitrogen and oxygen atoms in total. The molecule has 0 saturated heterocycles. The third kappa shape index (κ3) is 2.33. The van der Waals surface area contributed by atoms with Gasteiger partial charge >= 0.3 is 11.9 Å². The van der Waals surface area contributed by atoms with E-state index in [0.29, 0.717) is 11.3 Å². The van der Waals surface area contributed by atoms with E-state index in [4.69, 9.17) is 9.47 Å². The molecular weight excluding hydrogens is 222 g/mol.